The molecule has 0 aliphatic carbocycles. The number of ether oxygens (including phenoxy) is 1. The van der Waals surface area contributed by atoms with Gasteiger partial charge >= 0.3 is 0 Å². The quantitative estimate of drug-likeness (QED) is 0.442. The van der Waals surface area contributed by atoms with Crippen LogP contribution >= 0.6 is 12.2 Å². The predicted octanol–water partition coefficient (Wildman–Crippen LogP) is 5.23. The Bertz CT molecular complexity index is 1220. The van der Waals surface area contributed by atoms with Crippen LogP contribution in [-0.4, -0.2) is 20.6 Å². The van der Waals surface area contributed by atoms with E-state index in [1.165, 1.54) is 12.7 Å². The third kappa shape index (κ3) is 5.53. The predicted molar refractivity (Wildman–Crippen MR) is 131 cm³/mol. The smallest absolute Gasteiger partial charge is 0.262 e. The van der Waals surface area contributed by atoms with E-state index in [9.17, 15) is 8.42 Å². The fraction of sp³-hybridized carbons (Fsp3) is 0.174. The molecule has 0 saturated carbocycles. The van der Waals surface area contributed by atoms with Crippen LogP contribution in [0.15, 0.2) is 65.6 Å². The minimum Gasteiger partial charge on any atom is -0.495 e. The lowest BCUT2D eigenvalue weighted by Gasteiger charge is -2.15. The molecule has 6 nitrogen and oxygen atoms in total. The van der Waals surface area contributed by atoms with E-state index in [1.54, 1.807) is 49.4 Å². The van der Waals surface area contributed by atoms with Crippen molar-refractivity contribution in [2.75, 3.05) is 22.5 Å². The fourth-order valence-electron chi connectivity index (χ4n) is 3.01. The highest BCUT2D eigenvalue weighted by atomic mass is 32.2. The summed E-state index contributed by atoms with van der Waals surface area (Å²) in [5.41, 5.74) is 4.75. The lowest BCUT2D eigenvalue weighted by Crippen LogP contribution is -2.20. The van der Waals surface area contributed by atoms with Crippen LogP contribution in [0.4, 0.5) is 17.1 Å². The van der Waals surface area contributed by atoms with E-state index >= 15 is 0 Å². The molecule has 0 atom stereocenters. The van der Waals surface area contributed by atoms with Crippen LogP contribution in [0.5, 0.6) is 5.75 Å². The number of hydrogen-bond acceptors (Lipinski definition) is 4. The molecule has 0 radical (unpaired) electrons. The summed E-state index contributed by atoms with van der Waals surface area (Å²) in [6.45, 7) is 5.82. The van der Waals surface area contributed by atoms with Gasteiger partial charge in [-0.3, -0.25) is 4.72 Å². The van der Waals surface area contributed by atoms with E-state index in [0.29, 0.717) is 27.8 Å². The minimum atomic E-state index is -3.84. The Kier molecular flexibility index (Phi) is 6.82. The molecular formula is C23H25N3O3S2. The summed E-state index contributed by atoms with van der Waals surface area (Å²) in [5.74, 6) is 0.441. The maximum absolute atomic E-state index is 13.0. The molecule has 8 heteroatoms. The number of sulfonamides is 1. The van der Waals surface area contributed by atoms with Gasteiger partial charge in [0.25, 0.3) is 10.0 Å². The summed E-state index contributed by atoms with van der Waals surface area (Å²) in [7, 11) is -2.35. The van der Waals surface area contributed by atoms with Crippen LogP contribution in [0.25, 0.3) is 0 Å². The molecule has 0 fully saturated rings. The second-order valence-corrected chi connectivity index (χ2v) is 9.22. The highest BCUT2D eigenvalue weighted by molar-refractivity contribution is 7.92. The van der Waals surface area contributed by atoms with Gasteiger partial charge in [-0.1, -0.05) is 24.3 Å². The molecule has 0 unspecified atom stereocenters. The van der Waals surface area contributed by atoms with Crippen LogP contribution in [0.2, 0.25) is 0 Å². The third-order valence-electron chi connectivity index (χ3n) is 4.85. The molecule has 0 aromatic heterocycles. The van der Waals surface area contributed by atoms with Crippen LogP contribution in [0.3, 0.4) is 0 Å². The first kappa shape index (κ1) is 22.6. The van der Waals surface area contributed by atoms with Crippen molar-refractivity contribution in [3.8, 4) is 5.75 Å². The number of hydrogen-bond donors (Lipinski definition) is 3. The zero-order valence-electron chi connectivity index (χ0n) is 17.8. The maximum atomic E-state index is 13.0. The number of thiocarbonyl (C=S) groups is 1. The Balaban J connectivity index is 1.80. The van der Waals surface area contributed by atoms with Crippen molar-refractivity contribution in [2.24, 2.45) is 0 Å². The fourth-order valence-corrected chi connectivity index (χ4v) is 4.59. The van der Waals surface area contributed by atoms with Crippen molar-refractivity contribution in [1.82, 2.24) is 0 Å². The second-order valence-electron chi connectivity index (χ2n) is 7.16. The molecular weight excluding hydrogens is 430 g/mol. The highest BCUT2D eigenvalue weighted by Crippen LogP contribution is 2.28. The van der Waals surface area contributed by atoms with Crippen LogP contribution in [-0.2, 0) is 10.0 Å². The molecule has 0 bridgehead atoms. The van der Waals surface area contributed by atoms with Crippen molar-refractivity contribution in [3.63, 3.8) is 0 Å². The molecule has 0 aliphatic heterocycles. The van der Waals surface area contributed by atoms with Gasteiger partial charge in [0, 0.05) is 11.4 Å². The van der Waals surface area contributed by atoms with Gasteiger partial charge in [-0.25, -0.2) is 8.42 Å². The number of methoxy groups -OCH3 is 1. The largest absolute Gasteiger partial charge is 0.495 e. The molecule has 31 heavy (non-hydrogen) atoms. The zero-order valence-corrected chi connectivity index (χ0v) is 19.4. The zero-order chi connectivity index (χ0) is 22.6. The Labute approximate surface area is 188 Å². The van der Waals surface area contributed by atoms with Crippen LogP contribution in [0.1, 0.15) is 16.7 Å². The number of nitrogens with one attached hydrogen (secondary N) is 3. The van der Waals surface area contributed by atoms with Gasteiger partial charge in [0.05, 0.1) is 17.7 Å². The average Bonchev–Trinajstić information content (AvgIpc) is 2.72. The summed E-state index contributed by atoms with van der Waals surface area (Å²) in [4.78, 5) is 0.150. The van der Waals surface area contributed by atoms with Crippen molar-refractivity contribution in [2.45, 2.75) is 25.7 Å². The van der Waals surface area contributed by atoms with Gasteiger partial charge in [0.2, 0.25) is 0 Å². The summed E-state index contributed by atoms with van der Waals surface area (Å²) in [6.07, 6.45) is 0. The van der Waals surface area contributed by atoms with E-state index in [4.69, 9.17) is 17.0 Å². The Morgan fingerprint density at radius 3 is 2.10 bits per heavy atom. The molecule has 0 aliphatic rings. The van der Waals surface area contributed by atoms with Crippen LogP contribution < -0.4 is 20.1 Å². The number of aryl methyl sites for hydroxylation is 3. The molecule has 162 valence electrons. The number of benzene rings is 3. The first-order chi connectivity index (χ1) is 14.7. The molecule has 0 amide bonds. The van der Waals surface area contributed by atoms with Gasteiger partial charge in [-0.15, -0.1) is 0 Å². The molecule has 0 saturated heterocycles. The van der Waals surface area contributed by atoms with Crippen molar-refractivity contribution in [3.05, 3.63) is 77.4 Å². The number of para-hydroxylation sites is 2. The summed E-state index contributed by atoms with van der Waals surface area (Å²) in [6, 6.07) is 17.9. The topological polar surface area (TPSA) is 79.5 Å². The van der Waals surface area contributed by atoms with E-state index < -0.39 is 10.0 Å². The van der Waals surface area contributed by atoms with Gasteiger partial charge in [-0.2, -0.15) is 0 Å². The maximum Gasteiger partial charge on any atom is 0.262 e. The first-order valence-electron chi connectivity index (χ1n) is 9.61. The minimum absolute atomic E-state index is 0.150. The molecule has 3 N–H and O–H groups in total. The van der Waals surface area contributed by atoms with E-state index in [1.807, 2.05) is 32.0 Å². The number of anilines is 3. The lowest BCUT2D eigenvalue weighted by molar-refractivity contribution is 0.417. The van der Waals surface area contributed by atoms with Gasteiger partial charge in [-0.05, 0) is 86.1 Å². The van der Waals surface area contributed by atoms with Crippen molar-refractivity contribution < 1.29 is 13.2 Å². The summed E-state index contributed by atoms with van der Waals surface area (Å²) < 4.78 is 33.9. The summed E-state index contributed by atoms with van der Waals surface area (Å²) >= 11 is 5.40. The normalized spacial score (nSPS) is 11.0. The first-order valence-corrected chi connectivity index (χ1v) is 11.5. The molecule has 3 aromatic rings. The van der Waals surface area contributed by atoms with E-state index in [2.05, 4.69) is 15.4 Å². The lowest BCUT2D eigenvalue weighted by atomic mass is 10.1. The molecule has 3 rings (SSSR count). The van der Waals surface area contributed by atoms with Gasteiger partial charge in [0.1, 0.15) is 5.75 Å². The van der Waals surface area contributed by atoms with E-state index in [0.717, 1.165) is 11.3 Å². The third-order valence-corrected chi connectivity index (χ3v) is 6.56. The van der Waals surface area contributed by atoms with Gasteiger partial charge < -0.3 is 15.4 Å². The second kappa shape index (κ2) is 9.36. The summed E-state index contributed by atoms with van der Waals surface area (Å²) in [5, 5.41) is 6.55. The van der Waals surface area contributed by atoms with Crippen molar-refractivity contribution >= 4 is 44.4 Å². The average molecular weight is 456 g/mol. The molecule has 0 spiro atoms. The van der Waals surface area contributed by atoms with Gasteiger partial charge in [0.15, 0.2) is 5.11 Å². The monoisotopic (exact) mass is 455 g/mol. The SMILES string of the molecule is COc1ccccc1NS(=O)(=O)c1cc(NC(=S)Nc2ccc(C)c(C)c2)ccc1C. The Hall–Kier alpha value is -3.10. The molecule has 0 heterocycles. The Morgan fingerprint density at radius 2 is 1.45 bits per heavy atom. The van der Waals surface area contributed by atoms with Crippen molar-refractivity contribution in [1.29, 1.82) is 0 Å². The van der Waals surface area contributed by atoms with E-state index in [-0.39, 0.29) is 4.90 Å². The highest BCUT2D eigenvalue weighted by Gasteiger charge is 2.19. The van der Waals surface area contributed by atoms with Crippen LogP contribution in [0, 0.1) is 20.8 Å². The number of rotatable bonds is 6. The Morgan fingerprint density at radius 1 is 0.839 bits per heavy atom. The standard InChI is InChI=1S/C23H25N3O3S2/c1-15-9-11-18(13-17(15)3)24-23(30)25-19-12-10-16(2)22(14-19)31(27,28)26-20-7-5-6-8-21(20)29-4/h5-14,26H,1-4H3,(H2,24,25,30). The molecule has 3 aromatic carbocycles.